The largest absolute Gasteiger partial charge is 0.311 e. The third-order valence-corrected chi connectivity index (χ3v) is 3.87. The van der Waals surface area contributed by atoms with Crippen molar-refractivity contribution in [2.45, 2.75) is 33.7 Å². The van der Waals surface area contributed by atoms with E-state index < -0.39 is 0 Å². The summed E-state index contributed by atoms with van der Waals surface area (Å²) in [6.07, 6.45) is 4.06. The molecule has 2 aromatic rings. The van der Waals surface area contributed by atoms with E-state index in [1.807, 2.05) is 24.4 Å². The summed E-state index contributed by atoms with van der Waals surface area (Å²) in [6, 6.07) is 8.42. The van der Waals surface area contributed by atoms with Crippen LogP contribution in [0.4, 0.5) is 0 Å². The second kappa shape index (κ2) is 7.06. The fourth-order valence-corrected chi connectivity index (χ4v) is 2.44. The summed E-state index contributed by atoms with van der Waals surface area (Å²) in [4.78, 5) is 4.50. The molecule has 0 amide bonds. The zero-order chi connectivity index (χ0) is 15.4. The Morgan fingerprint density at radius 3 is 2.67 bits per heavy atom. The van der Waals surface area contributed by atoms with Gasteiger partial charge in [0.25, 0.3) is 0 Å². The van der Waals surface area contributed by atoms with E-state index in [0.29, 0.717) is 12.0 Å². The zero-order valence-corrected chi connectivity index (χ0v) is 13.9. The number of nitrogens with one attached hydrogen (secondary N) is 1. The van der Waals surface area contributed by atoms with E-state index in [0.717, 1.165) is 28.0 Å². The van der Waals surface area contributed by atoms with Gasteiger partial charge in [-0.1, -0.05) is 57.0 Å². The van der Waals surface area contributed by atoms with E-state index >= 15 is 0 Å². The lowest BCUT2D eigenvalue weighted by Crippen LogP contribution is -2.26. The van der Waals surface area contributed by atoms with Gasteiger partial charge in [0.05, 0.1) is 10.5 Å². The molecule has 1 aromatic carbocycles. The molecule has 0 saturated heterocycles. The first-order chi connectivity index (χ1) is 9.99. The molecule has 0 aliphatic rings. The molecule has 0 atom stereocenters. The second-order valence-electron chi connectivity index (χ2n) is 5.95. The Morgan fingerprint density at radius 2 is 2.00 bits per heavy atom. The normalized spacial score (nSPS) is 12.6. The lowest BCUT2D eigenvalue weighted by atomic mass is 9.98. The number of pyridine rings is 1. The topological polar surface area (TPSA) is 24.9 Å². The summed E-state index contributed by atoms with van der Waals surface area (Å²) in [5, 5.41) is 5.25. The number of hydrogen-bond acceptors (Lipinski definition) is 2. The van der Waals surface area contributed by atoms with Crippen LogP contribution in [0.3, 0.4) is 0 Å². The lowest BCUT2D eigenvalue weighted by molar-refractivity contribution is 0.593. The number of nitrogens with zero attached hydrogens (tertiary/aromatic N) is 1. The number of hydrogen-bond donors (Lipinski definition) is 1. The summed E-state index contributed by atoms with van der Waals surface area (Å²) in [7, 11) is 0. The first kappa shape index (κ1) is 16.0. The number of halogens is 1. The van der Waals surface area contributed by atoms with E-state index in [1.165, 1.54) is 5.57 Å². The molecule has 0 spiro atoms. The van der Waals surface area contributed by atoms with Crippen molar-refractivity contribution in [1.82, 2.24) is 10.3 Å². The van der Waals surface area contributed by atoms with E-state index in [-0.39, 0.29) is 0 Å². The molecule has 0 unspecified atom stereocenters. The minimum absolute atomic E-state index is 0.479. The van der Waals surface area contributed by atoms with E-state index in [4.69, 9.17) is 11.6 Å². The van der Waals surface area contributed by atoms with Crippen molar-refractivity contribution in [3.63, 3.8) is 0 Å². The predicted molar refractivity (Wildman–Crippen MR) is 92.7 cm³/mol. The SMILES string of the molecule is CC(C)NC/C(=C/c1ccc(Cl)c2cccnc12)C(C)C. The predicted octanol–water partition coefficient (Wildman–Crippen LogP) is 4.93. The summed E-state index contributed by atoms with van der Waals surface area (Å²) >= 11 is 6.26. The Balaban J connectivity index is 2.44. The first-order valence-electron chi connectivity index (χ1n) is 7.46. The van der Waals surface area contributed by atoms with Crippen LogP contribution in [0.5, 0.6) is 0 Å². The molecule has 0 aliphatic carbocycles. The van der Waals surface area contributed by atoms with Gasteiger partial charge in [-0.3, -0.25) is 4.98 Å². The molecule has 1 aromatic heterocycles. The van der Waals surface area contributed by atoms with Crippen LogP contribution < -0.4 is 5.32 Å². The maximum Gasteiger partial charge on any atom is 0.0789 e. The summed E-state index contributed by atoms with van der Waals surface area (Å²) < 4.78 is 0. The molecule has 0 fully saturated rings. The monoisotopic (exact) mass is 302 g/mol. The quantitative estimate of drug-likeness (QED) is 0.847. The van der Waals surface area contributed by atoms with Crippen LogP contribution in [0.25, 0.3) is 17.0 Å². The van der Waals surface area contributed by atoms with Gasteiger partial charge in [-0.25, -0.2) is 0 Å². The molecule has 0 aliphatic heterocycles. The third kappa shape index (κ3) is 4.05. The second-order valence-corrected chi connectivity index (χ2v) is 6.35. The first-order valence-corrected chi connectivity index (χ1v) is 7.84. The minimum atomic E-state index is 0.479. The van der Waals surface area contributed by atoms with Gasteiger partial charge in [-0.2, -0.15) is 0 Å². The highest BCUT2D eigenvalue weighted by molar-refractivity contribution is 6.35. The van der Waals surface area contributed by atoms with Gasteiger partial charge in [0.1, 0.15) is 0 Å². The molecule has 1 heterocycles. The molecule has 0 saturated carbocycles. The molecular formula is C18H23ClN2. The van der Waals surface area contributed by atoms with Gasteiger partial charge in [0, 0.05) is 29.7 Å². The maximum atomic E-state index is 6.26. The van der Waals surface area contributed by atoms with Crippen molar-refractivity contribution in [1.29, 1.82) is 0 Å². The molecule has 2 rings (SSSR count). The fraction of sp³-hybridized carbons (Fsp3) is 0.389. The Labute approximate surface area is 132 Å². The van der Waals surface area contributed by atoms with Gasteiger partial charge in [0.2, 0.25) is 0 Å². The maximum absolute atomic E-state index is 6.26. The van der Waals surface area contributed by atoms with Crippen LogP contribution in [0.1, 0.15) is 33.3 Å². The Morgan fingerprint density at radius 1 is 1.24 bits per heavy atom. The van der Waals surface area contributed by atoms with Gasteiger partial charge in [-0.05, 0) is 24.1 Å². The molecule has 0 bridgehead atoms. The van der Waals surface area contributed by atoms with Crippen molar-refractivity contribution in [2.24, 2.45) is 5.92 Å². The van der Waals surface area contributed by atoms with Crippen molar-refractivity contribution in [3.05, 3.63) is 46.6 Å². The Hall–Kier alpha value is -1.38. The summed E-state index contributed by atoms with van der Waals surface area (Å²) in [5.41, 5.74) is 3.47. The number of fused-ring (bicyclic) bond motifs is 1. The standard InChI is InChI=1S/C18H23ClN2/c1-12(2)15(11-21-13(3)4)10-14-7-8-17(19)16-6-5-9-20-18(14)16/h5-10,12-13,21H,11H2,1-4H3/b15-10-. The van der Waals surface area contributed by atoms with Crippen molar-refractivity contribution < 1.29 is 0 Å². The highest BCUT2D eigenvalue weighted by atomic mass is 35.5. The zero-order valence-electron chi connectivity index (χ0n) is 13.2. The van der Waals surface area contributed by atoms with Gasteiger partial charge >= 0.3 is 0 Å². The highest BCUT2D eigenvalue weighted by Gasteiger charge is 2.08. The van der Waals surface area contributed by atoms with Crippen LogP contribution in [-0.2, 0) is 0 Å². The average Bonchev–Trinajstić information content (AvgIpc) is 2.45. The van der Waals surface area contributed by atoms with Gasteiger partial charge < -0.3 is 5.32 Å². The van der Waals surface area contributed by atoms with Crippen LogP contribution in [-0.4, -0.2) is 17.6 Å². The molecule has 0 radical (unpaired) electrons. The number of benzene rings is 1. The van der Waals surface area contributed by atoms with Crippen LogP contribution in [0, 0.1) is 5.92 Å². The van der Waals surface area contributed by atoms with Gasteiger partial charge in [-0.15, -0.1) is 0 Å². The third-order valence-electron chi connectivity index (χ3n) is 3.54. The lowest BCUT2D eigenvalue weighted by Gasteiger charge is -2.15. The summed E-state index contributed by atoms with van der Waals surface area (Å²) in [6.45, 7) is 9.67. The smallest absolute Gasteiger partial charge is 0.0789 e. The highest BCUT2D eigenvalue weighted by Crippen LogP contribution is 2.27. The Bertz CT molecular complexity index is 645. The molecule has 2 nitrogen and oxygen atoms in total. The van der Waals surface area contributed by atoms with Crippen LogP contribution >= 0.6 is 11.6 Å². The van der Waals surface area contributed by atoms with Crippen molar-refractivity contribution in [3.8, 4) is 0 Å². The van der Waals surface area contributed by atoms with Gasteiger partial charge in [0.15, 0.2) is 0 Å². The molecule has 1 N–H and O–H groups in total. The van der Waals surface area contributed by atoms with E-state index in [1.54, 1.807) is 0 Å². The average molecular weight is 303 g/mol. The Kier molecular flexibility index (Phi) is 5.38. The van der Waals surface area contributed by atoms with E-state index in [2.05, 4.69) is 50.1 Å². The fourth-order valence-electron chi connectivity index (χ4n) is 2.22. The van der Waals surface area contributed by atoms with E-state index in [9.17, 15) is 0 Å². The molecule has 21 heavy (non-hydrogen) atoms. The van der Waals surface area contributed by atoms with Crippen molar-refractivity contribution >= 4 is 28.6 Å². The summed E-state index contributed by atoms with van der Waals surface area (Å²) in [5.74, 6) is 0.491. The molecule has 112 valence electrons. The van der Waals surface area contributed by atoms with Crippen LogP contribution in [0.15, 0.2) is 36.0 Å². The molecule has 3 heteroatoms. The number of aromatic nitrogens is 1. The molecular weight excluding hydrogens is 280 g/mol. The van der Waals surface area contributed by atoms with Crippen molar-refractivity contribution in [2.75, 3.05) is 6.54 Å². The minimum Gasteiger partial charge on any atom is -0.311 e. The van der Waals surface area contributed by atoms with Crippen LogP contribution in [0.2, 0.25) is 5.02 Å². The number of rotatable bonds is 5.